The predicted octanol–water partition coefficient (Wildman–Crippen LogP) is 2.03. The molecule has 1 fully saturated rings. The molecule has 0 unspecified atom stereocenters. The van der Waals surface area contributed by atoms with Gasteiger partial charge in [-0.15, -0.1) is 0 Å². The van der Waals surface area contributed by atoms with Crippen LogP contribution in [0.15, 0.2) is 34.9 Å². The number of aromatic nitrogens is 2. The first-order valence-corrected chi connectivity index (χ1v) is 9.59. The van der Waals surface area contributed by atoms with Crippen LogP contribution < -0.4 is 5.32 Å². The molecule has 1 amide bonds. The normalized spacial score (nSPS) is 15.7. The van der Waals surface area contributed by atoms with Gasteiger partial charge in [-0.05, 0) is 37.9 Å². The quantitative estimate of drug-likeness (QED) is 0.679. The molecule has 1 N–H and O–H groups in total. The summed E-state index contributed by atoms with van der Waals surface area (Å²) in [5, 5.41) is 7.08. The van der Waals surface area contributed by atoms with Crippen molar-refractivity contribution in [2.75, 3.05) is 33.4 Å². The summed E-state index contributed by atoms with van der Waals surface area (Å²) in [4.78, 5) is 19.0. The lowest BCUT2D eigenvalue weighted by Crippen LogP contribution is -2.40. The Bertz CT molecular complexity index is 696. The third kappa shape index (κ3) is 6.15. The number of hydrogen-bond acceptors (Lipinski definition) is 6. The van der Waals surface area contributed by atoms with Crippen LogP contribution in [0.1, 0.15) is 36.5 Å². The summed E-state index contributed by atoms with van der Waals surface area (Å²) in [5.41, 5.74) is 1.17. The number of nitrogens with one attached hydrogen (secondary N) is 1. The van der Waals surface area contributed by atoms with Gasteiger partial charge in [0.15, 0.2) is 5.82 Å². The van der Waals surface area contributed by atoms with Crippen molar-refractivity contribution >= 4 is 5.91 Å². The van der Waals surface area contributed by atoms with Gasteiger partial charge in [-0.1, -0.05) is 35.5 Å². The molecule has 3 rings (SSSR count). The number of hydrogen-bond donors (Lipinski definition) is 1. The van der Waals surface area contributed by atoms with Gasteiger partial charge in [0.25, 0.3) is 0 Å². The average Bonchev–Trinajstić information content (AvgIpc) is 3.13. The molecule has 0 spiro atoms. The van der Waals surface area contributed by atoms with Gasteiger partial charge in [-0.2, -0.15) is 4.98 Å². The maximum atomic E-state index is 12.2. The molecule has 1 aliphatic heterocycles. The fraction of sp³-hybridized carbons (Fsp3) is 0.550. The topological polar surface area (TPSA) is 80.5 Å². The maximum Gasteiger partial charge on any atom is 0.240 e. The second kappa shape index (κ2) is 10.2. The fourth-order valence-electron chi connectivity index (χ4n) is 3.32. The molecule has 0 saturated carbocycles. The van der Waals surface area contributed by atoms with Crippen LogP contribution in [-0.4, -0.2) is 54.3 Å². The molecule has 2 aromatic rings. The minimum absolute atomic E-state index is 0.0973. The SMILES string of the molecule is COCCCNC(=O)C1CCN(Cc2nc(Cc3ccccc3)no2)CC1. The first-order chi connectivity index (χ1) is 13.2. The molecule has 7 heteroatoms. The van der Waals surface area contributed by atoms with E-state index in [2.05, 4.69) is 32.5 Å². The van der Waals surface area contributed by atoms with Gasteiger partial charge in [0.05, 0.1) is 6.54 Å². The van der Waals surface area contributed by atoms with Gasteiger partial charge in [0.2, 0.25) is 11.8 Å². The van der Waals surface area contributed by atoms with Gasteiger partial charge >= 0.3 is 0 Å². The van der Waals surface area contributed by atoms with Crippen molar-refractivity contribution in [1.82, 2.24) is 20.4 Å². The molecule has 146 valence electrons. The smallest absolute Gasteiger partial charge is 0.240 e. The second-order valence-electron chi connectivity index (χ2n) is 6.95. The summed E-state index contributed by atoms with van der Waals surface area (Å²) in [7, 11) is 1.67. The first-order valence-electron chi connectivity index (χ1n) is 9.59. The highest BCUT2D eigenvalue weighted by atomic mass is 16.5. The average molecular weight is 372 g/mol. The van der Waals surface area contributed by atoms with Gasteiger partial charge in [0.1, 0.15) is 0 Å². The van der Waals surface area contributed by atoms with E-state index < -0.39 is 0 Å². The molecule has 0 radical (unpaired) electrons. The number of ether oxygens (including phenoxy) is 1. The Morgan fingerprint density at radius 1 is 1.30 bits per heavy atom. The van der Waals surface area contributed by atoms with Crippen molar-refractivity contribution < 1.29 is 14.1 Å². The van der Waals surface area contributed by atoms with Crippen molar-refractivity contribution in [2.24, 2.45) is 5.92 Å². The van der Waals surface area contributed by atoms with Crippen LogP contribution in [0.4, 0.5) is 0 Å². The van der Waals surface area contributed by atoms with Crippen LogP contribution >= 0.6 is 0 Å². The first kappa shape index (κ1) is 19.5. The molecule has 2 heterocycles. The number of likely N-dealkylation sites (tertiary alicyclic amines) is 1. The Morgan fingerprint density at radius 2 is 2.07 bits per heavy atom. The van der Waals surface area contributed by atoms with Crippen molar-refractivity contribution in [3.63, 3.8) is 0 Å². The number of benzene rings is 1. The largest absolute Gasteiger partial charge is 0.385 e. The third-order valence-electron chi connectivity index (χ3n) is 4.86. The lowest BCUT2D eigenvalue weighted by atomic mass is 9.96. The fourth-order valence-corrected chi connectivity index (χ4v) is 3.32. The van der Waals surface area contributed by atoms with Crippen LogP contribution in [0.25, 0.3) is 0 Å². The minimum atomic E-state index is 0.0973. The summed E-state index contributed by atoms with van der Waals surface area (Å²) in [6, 6.07) is 10.1. The Labute approximate surface area is 160 Å². The van der Waals surface area contributed by atoms with E-state index in [0.29, 0.717) is 37.8 Å². The van der Waals surface area contributed by atoms with Crippen LogP contribution in [0, 0.1) is 5.92 Å². The van der Waals surface area contributed by atoms with Crippen LogP contribution in [0.2, 0.25) is 0 Å². The second-order valence-corrected chi connectivity index (χ2v) is 6.95. The summed E-state index contributed by atoms with van der Waals surface area (Å²) >= 11 is 0. The monoisotopic (exact) mass is 372 g/mol. The minimum Gasteiger partial charge on any atom is -0.385 e. The van der Waals surface area contributed by atoms with Crippen molar-refractivity contribution in [2.45, 2.75) is 32.2 Å². The summed E-state index contributed by atoms with van der Waals surface area (Å²) in [6.45, 7) is 3.73. The molecule has 0 aliphatic carbocycles. The number of rotatable bonds is 9. The zero-order valence-corrected chi connectivity index (χ0v) is 15.9. The number of piperidine rings is 1. The number of methoxy groups -OCH3 is 1. The van der Waals surface area contributed by atoms with Crippen LogP contribution in [-0.2, 0) is 22.5 Å². The van der Waals surface area contributed by atoms with Crippen molar-refractivity contribution in [3.05, 3.63) is 47.6 Å². The Kier molecular flexibility index (Phi) is 7.36. The highest BCUT2D eigenvalue weighted by Gasteiger charge is 2.25. The Balaban J connectivity index is 1.40. The lowest BCUT2D eigenvalue weighted by Gasteiger charge is -2.30. The van der Waals surface area contributed by atoms with Gasteiger partial charge in [-0.25, -0.2) is 0 Å². The molecule has 0 atom stereocenters. The molecule has 1 aromatic carbocycles. The van der Waals surface area contributed by atoms with E-state index in [4.69, 9.17) is 9.26 Å². The summed E-state index contributed by atoms with van der Waals surface area (Å²) in [6.07, 6.45) is 3.25. The van der Waals surface area contributed by atoms with Crippen LogP contribution in [0.3, 0.4) is 0 Å². The predicted molar refractivity (Wildman–Crippen MR) is 101 cm³/mol. The Hall–Kier alpha value is -2.25. The standard InChI is InChI=1S/C20H28N4O3/c1-26-13-5-10-21-20(25)17-8-11-24(12-9-17)15-19-22-18(23-27-19)14-16-6-3-2-4-7-16/h2-4,6-7,17H,5,8-15H2,1H3,(H,21,25). The molecular weight excluding hydrogens is 344 g/mol. The number of carbonyl (C=O) groups excluding carboxylic acids is 1. The number of nitrogens with zero attached hydrogens (tertiary/aromatic N) is 3. The summed E-state index contributed by atoms with van der Waals surface area (Å²) < 4.78 is 10.4. The Morgan fingerprint density at radius 3 is 2.81 bits per heavy atom. The van der Waals surface area contributed by atoms with E-state index in [1.54, 1.807) is 7.11 Å². The molecule has 1 aliphatic rings. The zero-order valence-electron chi connectivity index (χ0n) is 15.9. The maximum absolute atomic E-state index is 12.2. The molecule has 1 saturated heterocycles. The van der Waals surface area contributed by atoms with Crippen molar-refractivity contribution in [3.8, 4) is 0 Å². The van der Waals surface area contributed by atoms with Gasteiger partial charge < -0.3 is 14.6 Å². The van der Waals surface area contributed by atoms with E-state index in [-0.39, 0.29) is 11.8 Å². The molecule has 1 aromatic heterocycles. The zero-order chi connectivity index (χ0) is 18.9. The summed E-state index contributed by atoms with van der Waals surface area (Å²) in [5.74, 6) is 1.61. The highest BCUT2D eigenvalue weighted by molar-refractivity contribution is 5.78. The molecule has 0 bridgehead atoms. The number of amides is 1. The number of carbonyl (C=O) groups is 1. The van der Waals surface area contributed by atoms with E-state index in [1.165, 1.54) is 5.56 Å². The van der Waals surface area contributed by atoms with Crippen LogP contribution in [0.5, 0.6) is 0 Å². The van der Waals surface area contributed by atoms with Gasteiger partial charge in [-0.3, -0.25) is 9.69 Å². The van der Waals surface area contributed by atoms with E-state index in [9.17, 15) is 4.79 Å². The lowest BCUT2D eigenvalue weighted by molar-refractivity contribution is -0.126. The molecule has 7 nitrogen and oxygen atoms in total. The van der Waals surface area contributed by atoms with Crippen molar-refractivity contribution in [1.29, 1.82) is 0 Å². The van der Waals surface area contributed by atoms with E-state index in [1.807, 2.05) is 18.2 Å². The van der Waals surface area contributed by atoms with Gasteiger partial charge in [0, 0.05) is 32.6 Å². The van der Waals surface area contributed by atoms with E-state index >= 15 is 0 Å². The molecule has 27 heavy (non-hydrogen) atoms. The van der Waals surface area contributed by atoms with E-state index in [0.717, 1.165) is 32.4 Å². The third-order valence-corrected chi connectivity index (χ3v) is 4.86. The molecular formula is C20H28N4O3. The highest BCUT2D eigenvalue weighted by Crippen LogP contribution is 2.19.